The molecule has 0 bridgehead atoms. The van der Waals surface area contributed by atoms with Crippen molar-refractivity contribution in [3.63, 3.8) is 0 Å². The Morgan fingerprint density at radius 1 is 1.22 bits per heavy atom. The van der Waals surface area contributed by atoms with Gasteiger partial charge in [0.15, 0.2) is 5.69 Å². The molecule has 0 radical (unpaired) electrons. The molecule has 6 heteroatoms. The summed E-state index contributed by atoms with van der Waals surface area (Å²) in [4.78, 5) is 19.7. The second-order valence-electron chi connectivity index (χ2n) is 3.47. The molecule has 0 aliphatic heterocycles. The Hall–Kier alpha value is -1.98. The van der Waals surface area contributed by atoms with E-state index in [1.165, 1.54) is 12.4 Å². The zero-order valence-electron chi connectivity index (χ0n) is 9.30. The van der Waals surface area contributed by atoms with Gasteiger partial charge in [0.05, 0.1) is 12.3 Å². The van der Waals surface area contributed by atoms with Gasteiger partial charge in [0, 0.05) is 23.1 Å². The second-order valence-corrected chi connectivity index (χ2v) is 3.91. The first-order valence-corrected chi connectivity index (χ1v) is 5.56. The van der Waals surface area contributed by atoms with Crippen molar-refractivity contribution in [1.29, 1.82) is 0 Å². The standard InChI is InChI=1S/C12H10ClN3O2/c13-8-1-3-9(4-2-8)16-12(18)11-10(7-17)14-5-6-15-11/h1-6,17H,7H2,(H,16,18). The highest BCUT2D eigenvalue weighted by Gasteiger charge is 2.13. The summed E-state index contributed by atoms with van der Waals surface area (Å²) in [7, 11) is 0. The van der Waals surface area contributed by atoms with Gasteiger partial charge in [-0.2, -0.15) is 0 Å². The molecule has 0 spiro atoms. The topological polar surface area (TPSA) is 75.1 Å². The first-order valence-electron chi connectivity index (χ1n) is 5.18. The maximum Gasteiger partial charge on any atom is 0.276 e. The van der Waals surface area contributed by atoms with Gasteiger partial charge in [0.25, 0.3) is 5.91 Å². The molecule has 2 aromatic rings. The first-order chi connectivity index (χ1) is 8.70. The number of aromatic nitrogens is 2. The van der Waals surface area contributed by atoms with Crippen LogP contribution in [0.4, 0.5) is 5.69 Å². The van der Waals surface area contributed by atoms with Crippen molar-refractivity contribution in [2.24, 2.45) is 0 Å². The molecule has 0 aliphatic rings. The molecule has 0 saturated heterocycles. The molecular weight excluding hydrogens is 254 g/mol. The quantitative estimate of drug-likeness (QED) is 0.887. The van der Waals surface area contributed by atoms with E-state index in [1.54, 1.807) is 24.3 Å². The monoisotopic (exact) mass is 263 g/mol. The summed E-state index contributed by atoms with van der Waals surface area (Å²) in [6.07, 6.45) is 2.82. The number of benzene rings is 1. The van der Waals surface area contributed by atoms with Gasteiger partial charge in [-0.25, -0.2) is 4.98 Å². The van der Waals surface area contributed by atoms with Gasteiger partial charge in [0.2, 0.25) is 0 Å². The summed E-state index contributed by atoms with van der Waals surface area (Å²) in [6.45, 7) is -0.336. The minimum atomic E-state index is -0.422. The predicted molar refractivity (Wildman–Crippen MR) is 67.4 cm³/mol. The third-order valence-electron chi connectivity index (χ3n) is 2.24. The third-order valence-corrected chi connectivity index (χ3v) is 2.49. The van der Waals surface area contributed by atoms with E-state index in [0.717, 1.165) is 0 Å². The highest BCUT2D eigenvalue weighted by molar-refractivity contribution is 6.30. The smallest absolute Gasteiger partial charge is 0.276 e. The second kappa shape index (κ2) is 5.57. The molecule has 18 heavy (non-hydrogen) atoms. The molecule has 2 rings (SSSR count). The summed E-state index contributed by atoms with van der Waals surface area (Å²) in [5, 5.41) is 12.3. The predicted octanol–water partition coefficient (Wildman–Crippen LogP) is 1.87. The lowest BCUT2D eigenvalue weighted by molar-refractivity contribution is 0.101. The zero-order valence-corrected chi connectivity index (χ0v) is 10.1. The van der Waals surface area contributed by atoms with Crippen molar-refractivity contribution in [2.75, 3.05) is 5.32 Å². The molecule has 0 atom stereocenters. The largest absolute Gasteiger partial charge is 0.390 e. The first kappa shape index (κ1) is 12.5. The van der Waals surface area contributed by atoms with Crippen molar-refractivity contribution < 1.29 is 9.90 Å². The van der Waals surface area contributed by atoms with Crippen molar-refractivity contribution in [1.82, 2.24) is 9.97 Å². The maximum absolute atomic E-state index is 11.9. The van der Waals surface area contributed by atoms with Crippen LogP contribution in [-0.4, -0.2) is 21.0 Å². The van der Waals surface area contributed by atoms with E-state index in [2.05, 4.69) is 15.3 Å². The number of anilines is 1. The number of amides is 1. The number of rotatable bonds is 3. The molecule has 92 valence electrons. The van der Waals surface area contributed by atoms with E-state index in [4.69, 9.17) is 16.7 Å². The van der Waals surface area contributed by atoms with Gasteiger partial charge in [-0.1, -0.05) is 11.6 Å². The van der Waals surface area contributed by atoms with Gasteiger partial charge in [-0.15, -0.1) is 0 Å². The van der Waals surface area contributed by atoms with Gasteiger partial charge in [-0.3, -0.25) is 9.78 Å². The molecule has 1 amide bonds. The number of aliphatic hydroxyl groups excluding tert-OH is 1. The molecular formula is C12H10ClN3O2. The van der Waals surface area contributed by atoms with Crippen LogP contribution >= 0.6 is 11.6 Å². The number of hydrogen-bond acceptors (Lipinski definition) is 4. The van der Waals surface area contributed by atoms with Crippen LogP contribution in [-0.2, 0) is 6.61 Å². The molecule has 1 heterocycles. The van der Waals surface area contributed by atoms with Crippen LogP contribution in [0, 0.1) is 0 Å². The number of halogens is 1. The number of aliphatic hydroxyl groups is 1. The number of carbonyl (C=O) groups excluding carboxylic acids is 1. The lowest BCUT2D eigenvalue weighted by Gasteiger charge is -2.06. The third kappa shape index (κ3) is 2.82. The van der Waals surface area contributed by atoms with Crippen LogP contribution in [0.3, 0.4) is 0 Å². The Labute approximate surface area is 108 Å². The Balaban J connectivity index is 2.19. The van der Waals surface area contributed by atoms with Gasteiger partial charge in [-0.05, 0) is 24.3 Å². The number of hydrogen-bond donors (Lipinski definition) is 2. The van der Waals surface area contributed by atoms with Crippen molar-refractivity contribution in [3.05, 3.63) is 53.1 Å². The number of nitrogens with zero attached hydrogens (tertiary/aromatic N) is 2. The summed E-state index contributed by atoms with van der Waals surface area (Å²) < 4.78 is 0. The molecule has 0 aliphatic carbocycles. The van der Waals surface area contributed by atoms with Gasteiger partial charge >= 0.3 is 0 Å². The lowest BCUT2D eigenvalue weighted by atomic mass is 10.2. The molecule has 0 fully saturated rings. The Morgan fingerprint density at radius 2 is 1.89 bits per heavy atom. The maximum atomic E-state index is 11.9. The Bertz CT molecular complexity index is 558. The fourth-order valence-electron chi connectivity index (χ4n) is 1.40. The van der Waals surface area contributed by atoms with E-state index in [-0.39, 0.29) is 18.0 Å². The number of carbonyl (C=O) groups is 1. The van der Waals surface area contributed by atoms with Crippen LogP contribution in [0.1, 0.15) is 16.2 Å². The average Bonchev–Trinajstić information content (AvgIpc) is 2.41. The normalized spacial score (nSPS) is 10.1. The van der Waals surface area contributed by atoms with Crippen molar-refractivity contribution >= 4 is 23.2 Å². The van der Waals surface area contributed by atoms with Crippen molar-refractivity contribution in [3.8, 4) is 0 Å². The highest BCUT2D eigenvalue weighted by Crippen LogP contribution is 2.14. The summed E-state index contributed by atoms with van der Waals surface area (Å²) in [5.74, 6) is -0.422. The Kier molecular flexibility index (Phi) is 3.86. The molecule has 1 aromatic heterocycles. The molecule has 0 unspecified atom stereocenters. The van der Waals surface area contributed by atoms with E-state index in [9.17, 15) is 4.79 Å². The fraction of sp³-hybridized carbons (Fsp3) is 0.0833. The van der Waals surface area contributed by atoms with E-state index in [1.807, 2.05) is 0 Å². The van der Waals surface area contributed by atoms with E-state index in [0.29, 0.717) is 10.7 Å². The summed E-state index contributed by atoms with van der Waals surface area (Å²) in [6, 6.07) is 6.69. The van der Waals surface area contributed by atoms with Crippen molar-refractivity contribution in [2.45, 2.75) is 6.61 Å². The van der Waals surface area contributed by atoms with Gasteiger partial charge < -0.3 is 10.4 Å². The van der Waals surface area contributed by atoms with Crippen LogP contribution in [0.2, 0.25) is 5.02 Å². The van der Waals surface area contributed by atoms with E-state index < -0.39 is 5.91 Å². The minimum Gasteiger partial charge on any atom is -0.390 e. The molecule has 5 nitrogen and oxygen atoms in total. The Morgan fingerprint density at radius 3 is 2.56 bits per heavy atom. The van der Waals surface area contributed by atoms with Crippen LogP contribution in [0.5, 0.6) is 0 Å². The minimum absolute atomic E-state index is 0.106. The number of nitrogens with one attached hydrogen (secondary N) is 1. The lowest BCUT2D eigenvalue weighted by Crippen LogP contribution is -2.17. The highest BCUT2D eigenvalue weighted by atomic mass is 35.5. The fourth-order valence-corrected chi connectivity index (χ4v) is 1.52. The average molecular weight is 264 g/mol. The zero-order chi connectivity index (χ0) is 13.0. The van der Waals surface area contributed by atoms with E-state index >= 15 is 0 Å². The van der Waals surface area contributed by atoms with Gasteiger partial charge in [0.1, 0.15) is 0 Å². The molecule has 1 aromatic carbocycles. The van der Waals surface area contributed by atoms with Crippen LogP contribution in [0.15, 0.2) is 36.7 Å². The molecule has 0 saturated carbocycles. The van der Waals surface area contributed by atoms with Crippen LogP contribution in [0.25, 0.3) is 0 Å². The summed E-state index contributed by atoms with van der Waals surface area (Å²) >= 11 is 5.74. The SMILES string of the molecule is O=C(Nc1ccc(Cl)cc1)c1nccnc1CO. The molecule has 2 N–H and O–H groups in total. The summed E-state index contributed by atoms with van der Waals surface area (Å²) in [5.41, 5.74) is 0.942. The van der Waals surface area contributed by atoms with Crippen LogP contribution < -0.4 is 5.32 Å².